The van der Waals surface area contributed by atoms with E-state index in [0.717, 1.165) is 42.0 Å². The van der Waals surface area contributed by atoms with E-state index in [0.29, 0.717) is 42.9 Å². The van der Waals surface area contributed by atoms with Crippen molar-refractivity contribution in [3.05, 3.63) is 75.9 Å². The maximum absolute atomic E-state index is 14.7. The number of aromatic nitrogens is 2. The fraction of sp³-hybridized carbons (Fsp3) is 0.592. The molecule has 0 radical (unpaired) electrons. The van der Waals surface area contributed by atoms with Crippen LogP contribution in [0, 0.1) is 24.7 Å². The number of pyridine rings is 1. The highest BCUT2D eigenvalue weighted by Crippen LogP contribution is 2.29. The van der Waals surface area contributed by atoms with Crippen LogP contribution in [-0.2, 0) is 41.5 Å². The highest BCUT2D eigenvalue weighted by Gasteiger charge is 2.37. The summed E-state index contributed by atoms with van der Waals surface area (Å²) in [6.07, 6.45) is 6.69. The van der Waals surface area contributed by atoms with Gasteiger partial charge in [0.15, 0.2) is 6.73 Å². The Morgan fingerprint density at radius 1 is 0.971 bits per heavy atom. The Morgan fingerprint density at radius 2 is 1.74 bits per heavy atom. The molecule has 1 saturated heterocycles. The van der Waals surface area contributed by atoms with Crippen LogP contribution in [0.4, 0.5) is 4.79 Å². The number of amides is 5. The van der Waals surface area contributed by atoms with Gasteiger partial charge in [-0.2, -0.15) is 0 Å². The molecule has 0 bridgehead atoms. The molecule has 2 aromatic heterocycles. The van der Waals surface area contributed by atoms with Gasteiger partial charge in [0.05, 0.1) is 11.0 Å². The number of hydrogen-bond donors (Lipinski definition) is 4. The van der Waals surface area contributed by atoms with Gasteiger partial charge in [0.25, 0.3) is 5.91 Å². The van der Waals surface area contributed by atoms with Crippen molar-refractivity contribution in [3.8, 4) is 0 Å². The molecular weight excluding hydrogens is 925 g/mol. The fourth-order valence-electron chi connectivity index (χ4n) is 7.84. The maximum Gasteiger partial charge on any atom is 0.426 e. The normalized spacial score (nSPS) is 16.1. The fourth-order valence-corrected chi connectivity index (χ4v) is 10.3. The highest BCUT2D eigenvalue weighted by atomic mass is 33.1. The number of likely N-dealkylation sites (tertiary alicyclic amines) is 1. The van der Waals surface area contributed by atoms with E-state index < -0.39 is 41.9 Å². The Labute approximate surface area is 414 Å². The smallest absolute Gasteiger partial charge is 0.426 e. The summed E-state index contributed by atoms with van der Waals surface area (Å²) in [7, 11) is 4.90. The molecule has 1 fully saturated rings. The maximum atomic E-state index is 14.7. The van der Waals surface area contributed by atoms with Crippen LogP contribution in [0.15, 0.2) is 59.1 Å². The number of ether oxygens (including phenoxy) is 2. The number of hydrogen-bond acceptors (Lipinski definition) is 14. The Bertz CT molecular complexity index is 2060. The highest BCUT2D eigenvalue weighted by molar-refractivity contribution is 8.76. The Balaban J connectivity index is 1.41. The number of hydrazine groups is 1. The van der Waals surface area contributed by atoms with Gasteiger partial charge >= 0.3 is 12.1 Å². The Morgan fingerprint density at radius 3 is 2.41 bits per heavy atom. The lowest BCUT2D eigenvalue weighted by Gasteiger charge is -2.39. The van der Waals surface area contributed by atoms with Crippen LogP contribution in [0.3, 0.4) is 0 Å². The third kappa shape index (κ3) is 18.6. The van der Waals surface area contributed by atoms with Crippen LogP contribution >= 0.6 is 32.9 Å². The van der Waals surface area contributed by atoms with E-state index in [2.05, 4.69) is 26.5 Å². The van der Waals surface area contributed by atoms with Gasteiger partial charge in [0, 0.05) is 48.2 Å². The second kappa shape index (κ2) is 29.3. The first-order chi connectivity index (χ1) is 32.6. The average Bonchev–Trinajstić information content (AvgIpc) is 3.81. The van der Waals surface area contributed by atoms with Gasteiger partial charge in [-0.3, -0.25) is 34.3 Å². The molecule has 3 aromatic rings. The van der Waals surface area contributed by atoms with Crippen molar-refractivity contribution >= 4 is 68.6 Å². The lowest BCUT2D eigenvalue weighted by molar-refractivity contribution is -0.159. The van der Waals surface area contributed by atoms with Crippen molar-refractivity contribution in [1.82, 2.24) is 41.3 Å². The summed E-state index contributed by atoms with van der Waals surface area (Å²) < 4.78 is 10.9. The molecule has 4 N–H and O–H groups in total. The minimum Gasteiger partial charge on any atom is -0.447 e. The van der Waals surface area contributed by atoms with E-state index in [4.69, 9.17) is 14.5 Å². The van der Waals surface area contributed by atoms with Gasteiger partial charge in [-0.05, 0) is 99.4 Å². The number of likely N-dealkylation sites (N-methyl/N-ethyl adjacent to an activating group) is 1. The second-order valence-corrected chi connectivity index (χ2v) is 21.2. The van der Waals surface area contributed by atoms with Crippen molar-refractivity contribution in [3.63, 3.8) is 0 Å². The number of rotatable bonds is 26. The molecule has 3 heterocycles. The molecular formula is C49H72N8O8S3. The molecule has 6 atom stereocenters. The van der Waals surface area contributed by atoms with E-state index in [1.807, 2.05) is 96.0 Å². The zero-order valence-electron chi connectivity index (χ0n) is 40.9. The monoisotopic (exact) mass is 996 g/mol. The van der Waals surface area contributed by atoms with Crippen LogP contribution < -0.4 is 21.5 Å². The first kappa shape index (κ1) is 55.9. The number of esters is 1. The van der Waals surface area contributed by atoms with Crippen LogP contribution in [-0.4, -0.2) is 112 Å². The zero-order chi connectivity index (χ0) is 49.6. The summed E-state index contributed by atoms with van der Waals surface area (Å²) in [4.78, 5) is 93.0. The number of benzene rings is 1. The first-order valence-corrected chi connectivity index (χ1v) is 27.0. The molecule has 2 unspecified atom stereocenters. The molecule has 374 valence electrons. The molecule has 1 aromatic carbocycles. The number of aryl methyl sites for hydroxylation is 2. The van der Waals surface area contributed by atoms with Gasteiger partial charge in [-0.1, -0.05) is 101 Å². The van der Waals surface area contributed by atoms with Crippen molar-refractivity contribution < 1.29 is 38.2 Å². The largest absolute Gasteiger partial charge is 0.447 e. The molecule has 1 aliphatic heterocycles. The zero-order valence-corrected chi connectivity index (χ0v) is 43.4. The van der Waals surface area contributed by atoms with Gasteiger partial charge < -0.3 is 25.0 Å². The van der Waals surface area contributed by atoms with Crippen LogP contribution in [0.2, 0.25) is 0 Å². The number of carbonyl (C=O) groups excluding carboxylic acids is 6. The minimum atomic E-state index is -0.819. The molecule has 68 heavy (non-hydrogen) atoms. The molecule has 19 heteroatoms. The van der Waals surface area contributed by atoms with Crippen LogP contribution in [0.5, 0.6) is 0 Å². The number of nitrogens with one attached hydrogen (secondary N) is 4. The second-order valence-electron chi connectivity index (χ2n) is 17.9. The molecule has 4 rings (SSSR count). The van der Waals surface area contributed by atoms with Crippen molar-refractivity contribution in [2.24, 2.45) is 17.8 Å². The summed E-state index contributed by atoms with van der Waals surface area (Å²) in [5.41, 5.74) is 7.05. The van der Waals surface area contributed by atoms with E-state index in [1.165, 1.54) is 32.9 Å². The Kier molecular flexibility index (Phi) is 24.1. The van der Waals surface area contributed by atoms with Gasteiger partial charge in [-0.15, -0.1) is 11.3 Å². The minimum absolute atomic E-state index is 0.0571. The number of piperidine rings is 1. The predicted molar refractivity (Wildman–Crippen MR) is 269 cm³/mol. The van der Waals surface area contributed by atoms with Gasteiger partial charge in [0.2, 0.25) is 17.7 Å². The topological polar surface area (TPSA) is 201 Å². The van der Waals surface area contributed by atoms with Gasteiger partial charge in [-0.25, -0.2) is 20.2 Å². The SMILES string of the molecule is CCCC(=O)OCN(C(=O)[C@@H](NC(=O)C1CCCCN1C)C(C)CC)[C@H](CCc1nc(C(=O)N[C@@H](Cc2ccc(C)cc2)C[C@H](C)C(=O)NNC(=O)OCCSSc2ccccn2)cs1)C(C)C. The average molecular weight is 997 g/mol. The number of carbonyl (C=O) groups is 6. The summed E-state index contributed by atoms with van der Waals surface area (Å²) in [6.45, 7) is 14.3. The predicted octanol–water partition coefficient (Wildman–Crippen LogP) is 7.51. The number of nitrogens with zero attached hydrogens (tertiary/aromatic N) is 4. The molecule has 0 spiro atoms. The van der Waals surface area contributed by atoms with Crippen molar-refractivity contribution in [2.75, 3.05) is 32.7 Å². The van der Waals surface area contributed by atoms with Crippen molar-refractivity contribution in [1.29, 1.82) is 0 Å². The lowest BCUT2D eigenvalue weighted by Crippen LogP contribution is -2.59. The molecule has 16 nitrogen and oxygen atoms in total. The van der Waals surface area contributed by atoms with E-state index in [1.54, 1.807) is 23.4 Å². The van der Waals surface area contributed by atoms with Crippen LogP contribution in [0.25, 0.3) is 0 Å². The quantitative estimate of drug-likeness (QED) is 0.0203. The molecule has 5 amide bonds. The third-order valence-electron chi connectivity index (χ3n) is 12.1. The molecule has 0 aliphatic carbocycles. The van der Waals surface area contributed by atoms with E-state index >= 15 is 0 Å². The summed E-state index contributed by atoms with van der Waals surface area (Å²) in [5, 5.41) is 9.45. The van der Waals surface area contributed by atoms with Crippen molar-refractivity contribution in [2.45, 2.75) is 142 Å². The molecule has 1 aliphatic rings. The van der Waals surface area contributed by atoms with E-state index in [9.17, 15) is 28.8 Å². The summed E-state index contributed by atoms with van der Waals surface area (Å²) >= 11 is 1.34. The first-order valence-electron chi connectivity index (χ1n) is 23.8. The number of thiazole rings is 1. The third-order valence-corrected chi connectivity index (χ3v) is 15.2. The van der Waals surface area contributed by atoms with Crippen LogP contribution in [0.1, 0.15) is 120 Å². The standard InChI is InChI=1S/C49H72N8O8S3/c1-9-15-43(58)65-31-57(48(62)44(34(6)10-2)53-47(61)40-16-12-14-25-56(40)8)39(32(3)4)22-23-42-52-38(30-66-42)46(60)51-37(29-36-20-18-33(5)19-21-36)28-35(7)45(59)54-55-49(63)64-26-27-67-68-41-17-11-13-24-50-41/h11,13,17-21,24,30,32,34-35,37,39-40,44H,9-10,12,14-16,22-23,25-29,31H2,1-8H3,(H,51,60)(H,53,61)(H,54,59)(H,55,63)/t34?,35-,37+,39+,40?,44-/m0/s1. The summed E-state index contributed by atoms with van der Waals surface area (Å²) in [5.74, 6) is -2.03. The Hall–Kier alpha value is -4.72. The van der Waals surface area contributed by atoms with Gasteiger partial charge in [0.1, 0.15) is 23.4 Å². The van der Waals surface area contributed by atoms with E-state index in [-0.39, 0.29) is 67.6 Å². The summed E-state index contributed by atoms with van der Waals surface area (Å²) in [6, 6.07) is 11.6. The lowest BCUT2D eigenvalue weighted by atomic mass is 9.93. The molecule has 0 saturated carbocycles.